The number of hydrogen-bond acceptors (Lipinski definition) is 6. The maximum atomic E-state index is 12.0. The number of carbonyl (C=O) groups excluding carboxylic acids is 1. The van der Waals surface area contributed by atoms with Crippen molar-refractivity contribution in [3.8, 4) is 0 Å². The lowest BCUT2D eigenvalue weighted by Gasteiger charge is -2.29. The van der Waals surface area contributed by atoms with Gasteiger partial charge in [-0.2, -0.15) is 0 Å². The van der Waals surface area contributed by atoms with Crippen LogP contribution in [0.3, 0.4) is 0 Å². The van der Waals surface area contributed by atoms with Gasteiger partial charge in [0.05, 0.1) is 13.2 Å². The van der Waals surface area contributed by atoms with Crippen LogP contribution >= 0.6 is 0 Å². The highest BCUT2D eigenvalue weighted by molar-refractivity contribution is 5.82. The molecule has 3 N–H and O–H groups in total. The molecule has 0 bridgehead atoms. The first-order chi connectivity index (χ1) is 10.3. The molecule has 1 atom stereocenters. The highest BCUT2D eigenvalue weighted by Crippen LogP contribution is 2.18. The van der Waals surface area contributed by atoms with Crippen LogP contribution in [-0.4, -0.2) is 56.4 Å². The van der Waals surface area contributed by atoms with Gasteiger partial charge in [-0.05, 0) is 6.07 Å². The molecule has 1 aromatic heterocycles. The molecule has 114 valence electrons. The van der Waals surface area contributed by atoms with Gasteiger partial charge >= 0.3 is 0 Å². The zero-order valence-electron chi connectivity index (χ0n) is 12.0. The molecule has 7 nitrogen and oxygen atoms in total. The van der Waals surface area contributed by atoms with Crippen molar-refractivity contribution >= 4 is 11.7 Å². The van der Waals surface area contributed by atoms with Crippen molar-refractivity contribution in [1.29, 1.82) is 0 Å². The van der Waals surface area contributed by atoms with Crippen LogP contribution in [0.5, 0.6) is 0 Å². The minimum absolute atomic E-state index is 0.0248. The fourth-order valence-corrected chi connectivity index (χ4v) is 2.60. The van der Waals surface area contributed by atoms with E-state index in [-0.39, 0.29) is 11.9 Å². The number of rotatable bonds is 4. The number of pyridine rings is 1. The van der Waals surface area contributed by atoms with E-state index in [1.54, 1.807) is 6.20 Å². The second-order valence-electron chi connectivity index (χ2n) is 5.19. The van der Waals surface area contributed by atoms with E-state index in [0.29, 0.717) is 19.8 Å². The normalized spacial score (nSPS) is 22.3. The van der Waals surface area contributed by atoms with Gasteiger partial charge in [0.15, 0.2) is 0 Å². The van der Waals surface area contributed by atoms with Crippen LogP contribution in [0.1, 0.15) is 5.56 Å². The molecular formula is C14H21N5O2. The van der Waals surface area contributed by atoms with E-state index >= 15 is 0 Å². The summed E-state index contributed by atoms with van der Waals surface area (Å²) in [5.41, 5.74) is 1.04. The van der Waals surface area contributed by atoms with Crippen LogP contribution in [0, 0.1) is 0 Å². The van der Waals surface area contributed by atoms with E-state index in [2.05, 4.69) is 25.8 Å². The predicted molar refractivity (Wildman–Crippen MR) is 78.9 cm³/mol. The van der Waals surface area contributed by atoms with Gasteiger partial charge in [-0.1, -0.05) is 6.07 Å². The molecule has 2 aliphatic heterocycles. The zero-order chi connectivity index (χ0) is 14.5. The zero-order valence-corrected chi connectivity index (χ0v) is 12.0. The van der Waals surface area contributed by atoms with Gasteiger partial charge in [-0.25, -0.2) is 4.98 Å². The summed E-state index contributed by atoms with van der Waals surface area (Å²) < 4.78 is 5.37. The van der Waals surface area contributed by atoms with Crippen LogP contribution in [0.15, 0.2) is 18.3 Å². The van der Waals surface area contributed by atoms with E-state index < -0.39 is 0 Å². The minimum atomic E-state index is -0.145. The second-order valence-corrected chi connectivity index (χ2v) is 5.19. The topological polar surface area (TPSA) is 78.5 Å². The Labute approximate surface area is 124 Å². The molecule has 1 aromatic rings. The lowest BCUT2D eigenvalue weighted by Crippen LogP contribution is -2.42. The fraction of sp³-hybridized carbons (Fsp3) is 0.571. The van der Waals surface area contributed by atoms with Crippen molar-refractivity contribution in [2.45, 2.75) is 12.6 Å². The third kappa shape index (κ3) is 3.49. The van der Waals surface area contributed by atoms with E-state index in [9.17, 15) is 4.79 Å². The van der Waals surface area contributed by atoms with E-state index in [4.69, 9.17) is 4.74 Å². The first-order valence-corrected chi connectivity index (χ1v) is 7.33. The third-order valence-corrected chi connectivity index (χ3v) is 3.77. The lowest BCUT2D eigenvalue weighted by atomic mass is 10.2. The smallest absolute Gasteiger partial charge is 0.238 e. The van der Waals surface area contributed by atoms with Gasteiger partial charge in [0.25, 0.3) is 0 Å². The minimum Gasteiger partial charge on any atom is -0.378 e. The molecule has 7 heteroatoms. The Kier molecular flexibility index (Phi) is 4.64. The SMILES string of the molecule is O=C(NCc1cccnc1N1CCOCC1)C1CNCN1. The van der Waals surface area contributed by atoms with Gasteiger partial charge in [-0.15, -0.1) is 0 Å². The summed E-state index contributed by atoms with van der Waals surface area (Å²) in [6.45, 7) is 4.98. The number of amides is 1. The fourth-order valence-electron chi connectivity index (χ4n) is 2.60. The molecule has 0 aromatic carbocycles. The van der Waals surface area contributed by atoms with Gasteiger partial charge in [0.2, 0.25) is 5.91 Å². The number of aromatic nitrogens is 1. The molecule has 3 rings (SSSR count). The van der Waals surface area contributed by atoms with E-state index in [0.717, 1.165) is 37.7 Å². The Balaban J connectivity index is 1.63. The summed E-state index contributed by atoms with van der Waals surface area (Å²) >= 11 is 0. The van der Waals surface area contributed by atoms with Crippen molar-refractivity contribution in [2.75, 3.05) is 44.4 Å². The third-order valence-electron chi connectivity index (χ3n) is 3.77. The molecule has 0 radical (unpaired) electrons. The molecule has 2 saturated heterocycles. The van der Waals surface area contributed by atoms with Gasteiger partial charge in [-0.3, -0.25) is 10.1 Å². The van der Waals surface area contributed by atoms with Crippen LogP contribution in [0.25, 0.3) is 0 Å². The average molecular weight is 291 g/mol. The lowest BCUT2D eigenvalue weighted by molar-refractivity contribution is -0.122. The number of morpholine rings is 1. The van der Waals surface area contributed by atoms with Crippen molar-refractivity contribution in [2.24, 2.45) is 0 Å². The predicted octanol–water partition coefficient (Wildman–Crippen LogP) is -0.947. The Hall–Kier alpha value is -1.70. The van der Waals surface area contributed by atoms with Gasteiger partial charge < -0.3 is 20.3 Å². The molecule has 1 unspecified atom stereocenters. The Morgan fingerprint density at radius 3 is 3.10 bits per heavy atom. The van der Waals surface area contributed by atoms with Crippen molar-refractivity contribution in [1.82, 2.24) is 20.9 Å². The van der Waals surface area contributed by atoms with Crippen LogP contribution in [-0.2, 0) is 16.1 Å². The summed E-state index contributed by atoms with van der Waals surface area (Å²) in [5, 5.41) is 9.19. The summed E-state index contributed by atoms with van der Waals surface area (Å²) in [7, 11) is 0. The Morgan fingerprint density at radius 1 is 1.48 bits per heavy atom. The van der Waals surface area contributed by atoms with E-state index in [1.165, 1.54) is 0 Å². The largest absolute Gasteiger partial charge is 0.378 e. The summed E-state index contributed by atoms with van der Waals surface area (Å²) in [6, 6.07) is 3.77. The molecule has 3 heterocycles. The first kappa shape index (κ1) is 14.2. The highest BCUT2D eigenvalue weighted by Gasteiger charge is 2.22. The number of hydrogen-bond donors (Lipinski definition) is 3. The number of ether oxygens (including phenoxy) is 1. The van der Waals surface area contributed by atoms with Crippen molar-refractivity contribution in [3.63, 3.8) is 0 Å². The molecule has 2 aliphatic rings. The monoisotopic (exact) mass is 291 g/mol. The summed E-state index contributed by atoms with van der Waals surface area (Å²) in [6.07, 6.45) is 1.79. The van der Waals surface area contributed by atoms with E-state index in [1.807, 2.05) is 12.1 Å². The van der Waals surface area contributed by atoms with Crippen molar-refractivity contribution in [3.05, 3.63) is 23.9 Å². The van der Waals surface area contributed by atoms with Crippen LogP contribution < -0.4 is 20.9 Å². The summed E-state index contributed by atoms with van der Waals surface area (Å²) in [5.74, 6) is 0.968. The number of nitrogens with one attached hydrogen (secondary N) is 3. The standard InChI is InChI=1S/C14H21N5O2/c20-14(12-9-15-10-18-12)17-8-11-2-1-3-16-13(11)19-4-6-21-7-5-19/h1-3,12,15,18H,4-10H2,(H,17,20). The molecule has 0 spiro atoms. The summed E-state index contributed by atoms with van der Waals surface area (Å²) in [4.78, 5) is 18.7. The number of anilines is 1. The molecule has 0 saturated carbocycles. The number of carbonyl (C=O) groups is 1. The highest BCUT2D eigenvalue weighted by atomic mass is 16.5. The Bertz CT molecular complexity index is 484. The maximum absolute atomic E-state index is 12.0. The van der Waals surface area contributed by atoms with Crippen molar-refractivity contribution < 1.29 is 9.53 Å². The Morgan fingerprint density at radius 2 is 2.33 bits per heavy atom. The van der Waals surface area contributed by atoms with Gasteiger partial charge in [0.1, 0.15) is 11.9 Å². The average Bonchev–Trinajstić information content (AvgIpc) is 3.08. The van der Waals surface area contributed by atoms with Gasteiger partial charge in [0, 0.05) is 44.6 Å². The second kappa shape index (κ2) is 6.84. The quantitative estimate of drug-likeness (QED) is 0.664. The van der Waals surface area contributed by atoms with Crippen LogP contribution in [0.4, 0.5) is 5.82 Å². The number of nitrogens with zero attached hydrogens (tertiary/aromatic N) is 2. The van der Waals surface area contributed by atoms with Crippen LogP contribution in [0.2, 0.25) is 0 Å². The molecule has 2 fully saturated rings. The molecule has 0 aliphatic carbocycles. The first-order valence-electron chi connectivity index (χ1n) is 7.33. The molecular weight excluding hydrogens is 270 g/mol. The molecule has 21 heavy (non-hydrogen) atoms. The molecule has 1 amide bonds. The maximum Gasteiger partial charge on any atom is 0.238 e.